The van der Waals surface area contributed by atoms with Gasteiger partial charge in [0.15, 0.2) is 0 Å². The average molecular weight is 423 g/mol. The monoisotopic (exact) mass is 423 g/mol. The number of hydrogen-bond acceptors (Lipinski definition) is 6. The lowest BCUT2D eigenvalue weighted by molar-refractivity contribution is 0.0966. The molecule has 160 valence electrons. The van der Waals surface area contributed by atoms with Crippen molar-refractivity contribution in [2.75, 3.05) is 10.6 Å². The molecule has 2 aromatic carbocycles. The lowest BCUT2D eigenvalue weighted by atomic mass is 9.59. The van der Waals surface area contributed by atoms with Gasteiger partial charge in [-0.05, 0) is 36.6 Å². The summed E-state index contributed by atoms with van der Waals surface area (Å²) in [5, 5.41) is 8.68. The van der Waals surface area contributed by atoms with Gasteiger partial charge in [-0.2, -0.15) is 0 Å². The predicted octanol–water partition coefficient (Wildman–Crippen LogP) is 2.25. The zero-order valence-corrected chi connectivity index (χ0v) is 18.0. The van der Waals surface area contributed by atoms with Crippen molar-refractivity contribution >= 4 is 30.8 Å². The van der Waals surface area contributed by atoms with E-state index in [1.54, 1.807) is 0 Å². The number of anilines is 3. The summed E-state index contributed by atoms with van der Waals surface area (Å²) in [6, 6.07) is 6.29. The number of furan rings is 1. The Morgan fingerprint density at radius 1 is 1.06 bits per heavy atom. The molecule has 2 heterocycles. The van der Waals surface area contributed by atoms with Crippen molar-refractivity contribution in [1.82, 2.24) is 5.32 Å². The molecule has 0 bridgehead atoms. The molecule has 31 heavy (non-hydrogen) atoms. The van der Waals surface area contributed by atoms with E-state index in [4.69, 9.17) is 4.42 Å². The van der Waals surface area contributed by atoms with Crippen LogP contribution in [0.25, 0.3) is 0 Å². The largest absolute Gasteiger partial charge is 0.465 e. The van der Waals surface area contributed by atoms with E-state index in [1.165, 1.54) is 12.1 Å². The quantitative estimate of drug-likeness (QED) is 0.430. The Hall–Kier alpha value is -3.36. The van der Waals surface area contributed by atoms with Gasteiger partial charge in [0.1, 0.15) is 36.6 Å². The maximum Gasteiger partial charge on any atom is 0.254 e. The second-order valence-corrected chi connectivity index (χ2v) is 9.07. The first-order chi connectivity index (χ1) is 14.4. The second kappa shape index (κ2) is 6.83. The topological polar surface area (TPSA) is 100 Å². The molecule has 1 aliphatic heterocycles. The molecular weight excluding hydrogens is 400 g/mol. The molecule has 0 saturated heterocycles. The summed E-state index contributed by atoms with van der Waals surface area (Å²) < 4.78 is 19.9. The number of carbonyl (C=O) groups excluding carboxylic acids is 1. The van der Waals surface area contributed by atoms with Crippen molar-refractivity contribution in [1.29, 1.82) is 0 Å². The first-order valence-corrected chi connectivity index (χ1v) is 9.99. The van der Waals surface area contributed by atoms with E-state index < -0.39 is 33.4 Å². The van der Waals surface area contributed by atoms with Crippen molar-refractivity contribution in [3.8, 4) is 0 Å². The van der Waals surface area contributed by atoms with Crippen LogP contribution in [0.2, 0.25) is 0 Å². The summed E-state index contributed by atoms with van der Waals surface area (Å²) in [6.45, 7) is 7.89. The first kappa shape index (κ1) is 20.9. The van der Waals surface area contributed by atoms with Gasteiger partial charge in [-0.15, -0.1) is 0 Å². The number of rotatable bonds is 5. The summed E-state index contributed by atoms with van der Waals surface area (Å²) in [6.07, 6.45) is 0. The highest BCUT2D eigenvalue weighted by Crippen LogP contribution is 2.41. The molecule has 1 unspecified atom stereocenters. The van der Waals surface area contributed by atoms with E-state index in [9.17, 15) is 18.8 Å². The maximum absolute atomic E-state index is 14.1. The summed E-state index contributed by atoms with van der Waals surface area (Å²) in [5.41, 5.74) is -1.80. The fourth-order valence-electron chi connectivity index (χ4n) is 3.75. The van der Waals surface area contributed by atoms with E-state index in [0.29, 0.717) is 5.76 Å². The molecule has 0 aliphatic carbocycles. The Morgan fingerprint density at radius 2 is 1.74 bits per heavy atom. The van der Waals surface area contributed by atoms with E-state index in [-0.39, 0.29) is 34.7 Å². The summed E-state index contributed by atoms with van der Waals surface area (Å²) >= 11 is 0. The van der Waals surface area contributed by atoms with Crippen LogP contribution < -0.4 is 26.8 Å². The standard InChI is InChI=1S/C22H23BFN3O4/c1-10-5-8-14(31-10)22(23,21(2,3)4)27-17-16(18(28)19(17)29)26-13-7-6-12(24)11-9-25-20(30)15(11)13/h5-8,26-27H,9,23H2,1-4H3,(H,25,30). The van der Waals surface area contributed by atoms with Crippen LogP contribution in [0.1, 0.15) is 48.2 Å². The van der Waals surface area contributed by atoms with Gasteiger partial charge in [0.25, 0.3) is 16.8 Å². The molecule has 1 atom stereocenters. The number of aryl methyl sites for hydroxylation is 1. The molecule has 0 spiro atoms. The molecular formula is C22H23BFN3O4. The minimum Gasteiger partial charge on any atom is -0.465 e. The molecule has 0 fully saturated rings. The Kier molecular flexibility index (Phi) is 4.61. The van der Waals surface area contributed by atoms with Gasteiger partial charge < -0.3 is 20.4 Å². The number of hydrogen-bond donors (Lipinski definition) is 3. The van der Waals surface area contributed by atoms with Gasteiger partial charge >= 0.3 is 0 Å². The van der Waals surface area contributed by atoms with Gasteiger partial charge in [0, 0.05) is 12.1 Å². The van der Waals surface area contributed by atoms with Crippen LogP contribution >= 0.6 is 0 Å². The number of amides is 1. The fourth-order valence-corrected chi connectivity index (χ4v) is 3.75. The van der Waals surface area contributed by atoms with E-state index in [2.05, 4.69) is 16.0 Å². The smallest absolute Gasteiger partial charge is 0.254 e. The third kappa shape index (κ3) is 3.15. The molecule has 3 aromatic rings. The van der Waals surface area contributed by atoms with Crippen LogP contribution in [-0.4, -0.2) is 13.8 Å². The SMILES string of the molecule is BC(Nc1c(Nc2ccc(F)c3c2C(=O)NC3)c(=O)c1=O)(c1ccc(C)o1)C(C)(C)C. The molecule has 3 N–H and O–H groups in total. The molecule has 9 heteroatoms. The molecule has 7 nitrogen and oxygen atoms in total. The van der Waals surface area contributed by atoms with Crippen LogP contribution in [0.5, 0.6) is 0 Å². The number of benzene rings is 1. The molecule has 4 rings (SSSR count). The average Bonchev–Trinajstić information content (AvgIpc) is 3.31. The van der Waals surface area contributed by atoms with Gasteiger partial charge in [-0.3, -0.25) is 14.4 Å². The van der Waals surface area contributed by atoms with Crippen molar-refractivity contribution in [3.05, 3.63) is 73.2 Å². The molecule has 0 radical (unpaired) electrons. The minimum atomic E-state index is -0.817. The Morgan fingerprint density at radius 3 is 2.35 bits per heavy atom. The molecule has 1 amide bonds. The van der Waals surface area contributed by atoms with E-state index in [0.717, 1.165) is 5.76 Å². The van der Waals surface area contributed by atoms with E-state index in [1.807, 2.05) is 47.7 Å². The summed E-state index contributed by atoms with van der Waals surface area (Å²) in [7, 11) is 1.90. The Bertz CT molecular complexity index is 1280. The van der Waals surface area contributed by atoms with Crippen molar-refractivity contribution < 1.29 is 13.6 Å². The first-order valence-electron chi connectivity index (χ1n) is 9.99. The van der Waals surface area contributed by atoms with Crippen LogP contribution in [0.3, 0.4) is 0 Å². The third-order valence-corrected chi connectivity index (χ3v) is 6.19. The van der Waals surface area contributed by atoms with Crippen LogP contribution in [-0.2, 0) is 12.0 Å². The van der Waals surface area contributed by atoms with Crippen LogP contribution in [0.4, 0.5) is 21.5 Å². The number of fused-ring (bicyclic) bond motifs is 1. The summed E-state index contributed by atoms with van der Waals surface area (Å²) in [5.74, 6) is 0.411. The lowest BCUT2D eigenvalue weighted by Crippen LogP contribution is -2.51. The van der Waals surface area contributed by atoms with Gasteiger partial charge in [-0.1, -0.05) is 20.8 Å². The van der Waals surface area contributed by atoms with Gasteiger partial charge in [0.05, 0.1) is 16.7 Å². The third-order valence-electron chi connectivity index (χ3n) is 6.19. The normalized spacial score (nSPS) is 15.5. The van der Waals surface area contributed by atoms with Crippen molar-refractivity contribution in [2.24, 2.45) is 5.41 Å². The number of nitrogens with one attached hydrogen (secondary N) is 3. The second-order valence-electron chi connectivity index (χ2n) is 9.07. The fraction of sp³-hybridized carbons (Fsp3) is 0.318. The van der Waals surface area contributed by atoms with Gasteiger partial charge in [0.2, 0.25) is 0 Å². The molecule has 1 aliphatic rings. The molecule has 0 saturated carbocycles. The highest BCUT2D eigenvalue weighted by atomic mass is 19.1. The Balaban J connectivity index is 1.75. The van der Waals surface area contributed by atoms with Crippen molar-refractivity contribution in [3.63, 3.8) is 0 Å². The zero-order chi connectivity index (χ0) is 22.7. The van der Waals surface area contributed by atoms with Gasteiger partial charge in [-0.25, -0.2) is 4.39 Å². The highest BCUT2D eigenvalue weighted by Gasteiger charge is 2.43. The number of halogens is 1. The Labute approximate surface area is 179 Å². The van der Waals surface area contributed by atoms with Crippen LogP contribution in [0, 0.1) is 18.2 Å². The summed E-state index contributed by atoms with van der Waals surface area (Å²) in [4.78, 5) is 37.1. The zero-order valence-electron chi connectivity index (χ0n) is 18.0. The minimum absolute atomic E-state index is 0.0391. The number of carbonyl (C=O) groups is 1. The molecule has 1 aromatic heterocycles. The van der Waals surface area contributed by atoms with E-state index >= 15 is 0 Å². The lowest BCUT2D eigenvalue weighted by Gasteiger charge is -2.42. The maximum atomic E-state index is 14.1. The predicted molar refractivity (Wildman–Crippen MR) is 119 cm³/mol. The van der Waals surface area contributed by atoms with Crippen LogP contribution in [0.15, 0.2) is 38.3 Å². The van der Waals surface area contributed by atoms with Crippen molar-refractivity contribution in [2.45, 2.75) is 39.7 Å². The highest BCUT2D eigenvalue weighted by molar-refractivity contribution is 6.18.